The van der Waals surface area contributed by atoms with Crippen LogP contribution in [0.5, 0.6) is 0 Å². The zero-order valence-corrected chi connectivity index (χ0v) is 16.9. The molecule has 3 rings (SSSR count). The number of nitrogens with zero attached hydrogens (tertiary/aromatic N) is 1. The summed E-state index contributed by atoms with van der Waals surface area (Å²) in [5.74, 6) is -0.843. The summed E-state index contributed by atoms with van der Waals surface area (Å²) in [4.78, 5) is 12.5. The summed E-state index contributed by atoms with van der Waals surface area (Å²) in [6.45, 7) is -0.101. The third-order valence-electron chi connectivity index (χ3n) is 4.46. The van der Waals surface area contributed by atoms with Crippen molar-refractivity contribution in [2.24, 2.45) is 5.92 Å². The molecule has 1 atom stereocenters. The maximum atomic E-state index is 12.5. The van der Waals surface area contributed by atoms with Gasteiger partial charge < -0.3 is 4.55 Å². The molecule has 0 bridgehead atoms. The number of carbonyl (C=O) groups excluding carboxylic acids is 1. The van der Waals surface area contributed by atoms with E-state index in [1.54, 1.807) is 0 Å². The molecule has 0 amide bonds. The van der Waals surface area contributed by atoms with Crippen LogP contribution in [-0.2, 0) is 15.1 Å². The second-order valence-electron chi connectivity index (χ2n) is 5.94. The van der Waals surface area contributed by atoms with Gasteiger partial charge >= 0.3 is 29.6 Å². The molecule has 1 heterocycles. The van der Waals surface area contributed by atoms with E-state index in [1.165, 1.54) is 0 Å². The van der Waals surface area contributed by atoms with Crippen LogP contribution in [0.1, 0.15) is 23.5 Å². The average Bonchev–Trinajstić information content (AvgIpc) is 2.58. The summed E-state index contributed by atoms with van der Waals surface area (Å²) in [7, 11) is -4.55. The smallest absolute Gasteiger partial charge is 0.735 e. The van der Waals surface area contributed by atoms with Gasteiger partial charge in [-0.1, -0.05) is 60.7 Å². The van der Waals surface area contributed by atoms with Gasteiger partial charge in [0.1, 0.15) is 5.78 Å². The van der Waals surface area contributed by atoms with Crippen molar-refractivity contribution in [3.05, 3.63) is 71.8 Å². The van der Waals surface area contributed by atoms with Crippen LogP contribution in [0.25, 0.3) is 0 Å². The van der Waals surface area contributed by atoms with Gasteiger partial charge in [0, 0.05) is 31.3 Å². The SMILES string of the molecule is O=C1CCN(S(=O)(=O)[O-])CC1C(c1ccccc1)c1ccccc1.[Na+]. The minimum absolute atomic E-state index is 0. The fourth-order valence-corrected chi connectivity index (χ4v) is 3.96. The van der Waals surface area contributed by atoms with Gasteiger partial charge in [-0.05, 0) is 11.1 Å². The molecule has 0 aliphatic carbocycles. The number of hydrogen-bond acceptors (Lipinski definition) is 4. The zero-order chi connectivity index (χ0) is 17.2. The Morgan fingerprint density at radius 1 is 0.960 bits per heavy atom. The Labute approximate surface area is 170 Å². The summed E-state index contributed by atoms with van der Waals surface area (Å²) in [6, 6.07) is 19.0. The largest absolute Gasteiger partial charge is 1.00 e. The third kappa shape index (κ3) is 4.78. The molecular formula is C18H18NNaO4S. The number of hydrogen-bond donors (Lipinski definition) is 0. The minimum atomic E-state index is -4.55. The fourth-order valence-electron chi connectivity index (χ4n) is 3.30. The standard InChI is InChI=1S/C18H19NO4S.Na/c20-17-11-12-19(24(21,22)23)13-16(17)18(14-7-3-1-4-8-14)15-9-5-2-6-10-15;/h1-10,16,18H,11-13H2,(H,21,22,23);/q;+1/p-1. The van der Waals surface area contributed by atoms with E-state index in [4.69, 9.17) is 0 Å². The van der Waals surface area contributed by atoms with E-state index < -0.39 is 16.2 Å². The molecule has 2 aromatic carbocycles. The zero-order valence-electron chi connectivity index (χ0n) is 14.0. The Bertz CT molecular complexity index is 772. The van der Waals surface area contributed by atoms with E-state index in [0.717, 1.165) is 15.4 Å². The van der Waals surface area contributed by atoms with Gasteiger partial charge in [-0.25, -0.2) is 12.7 Å². The predicted octanol–water partition coefficient (Wildman–Crippen LogP) is -0.826. The Balaban J connectivity index is 0.00000225. The molecule has 0 aromatic heterocycles. The number of carbonyl (C=O) groups is 1. The van der Waals surface area contributed by atoms with Crippen molar-refractivity contribution >= 4 is 16.1 Å². The van der Waals surface area contributed by atoms with Crippen LogP contribution in [0, 0.1) is 5.92 Å². The number of Topliss-reactive ketones (excluding diaryl/α,β-unsaturated/α-hetero) is 1. The Hall–Kier alpha value is -1.02. The molecule has 1 saturated heterocycles. The predicted molar refractivity (Wildman–Crippen MR) is 89.1 cm³/mol. The van der Waals surface area contributed by atoms with E-state index in [2.05, 4.69) is 0 Å². The van der Waals surface area contributed by atoms with Crippen molar-refractivity contribution in [1.29, 1.82) is 0 Å². The third-order valence-corrected chi connectivity index (χ3v) is 5.42. The maximum Gasteiger partial charge on any atom is 1.00 e. The number of piperidine rings is 1. The number of rotatable bonds is 4. The average molecular weight is 367 g/mol. The van der Waals surface area contributed by atoms with Crippen LogP contribution < -0.4 is 29.6 Å². The summed E-state index contributed by atoms with van der Waals surface area (Å²) in [5, 5.41) is 0. The molecule has 126 valence electrons. The topological polar surface area (TPSA) is 77.5 Å². The van der Waals surface area contributed by atoms with Crippen molar-refractivity contribution in [3.63, 3.8) is 0 Å². The van der Waals surface area contributed by atoms with Crippen molar-refractivity contribution in [1.82, 2.24) is 4.31 Å². The Kier molecular flexibility index (Phi) is 6.96. The first-order valence-electron chi connectivity index (χ1n) is 7.80. The second kappa shape index (κ2) is 8.58. The quantitative estimate of drug-likeness (QED) is 0.522. The fraction of sp³-hybridized carbons (Fsp3) is 0.278. The van der Waals surface area contributed by atoms with Crippen molar-refractivity contribution in [3.8, 4) is 0 Å². The summed E-state index contributed by atoms with van der Waals surface area (Å²) in [6.07, 6.45) is 0.0717. The maximum absolute atomic E-state index is 12.5. The molecule has 1 fully saturated rings. The van der Waals surface area contributed by atoms with Gasteiger partial charge in [0.2, 0.25) is 0 Å². The first-order chi connectivity index (χ1) is 11.5. The molecule has 0 N–H and O–H groups in total. The van der Waals surface area contributed by atoms with E-state index in [0.29, 0.717) is 0 Å². The van der Waals surface area contributed by atoms with E-state index >= 15 is 0 Å². The van der Waals surface area contributed by atoms with Gasteiger partial charge in [-0.3, -0.25) is 4.79 Å². The monoisotopic (exact) mass is 367 g/mol. The van der Waals surface area contributed by atoms with Crippen LogP contribution in [0.3, 0.4) is 0 Å². The molecule has 2 aromatic rings. The molecule has 5 nitrogen and oxygen atoms in total. The van der Waals surface area contributed by atoms with Gasteiger partial charge in [-0.15, -0.1) is 0 Å². The molecule has 1 aliphatic rings. The first-order valence-corrected chi connectivity index (χ1v) is 9.17. The summed E-state index contributed by atoms with van der Waals surface area (Å²) < 4.78 is 35.1. The molecule has 1 unspecified atom stereocenters. The van der Waals surface area contributed by atoms with Gasteiger partial charge in [0.25, 0.3) is 0 Å². The van der Waals surface area contributed by atoms with Crippen LogP contribution >= 0.6 is 0 Å². The summed E-state index contributed by atoms with van der Waals surface area (Å²) >= 11 is 0. The van der Waals surface area contributed by atoms with Gasteiger partial charge in [-0.2, -0.15) is 0 Å². The van der Waals surface area contributed by atoms with Crippen LogP contribution in [0.2, 0.25) is 0 Å². The Morgan fingerprint density at radius 2 is 1.44 bits per heavy atom. The number of ketones is 1. The van der Waals surface area contributed by atoms with Crippen molar-refractivity contribution in [2.75, 3.05) is 13.1 Å². The van der Waals surface area contributed by atoms with E-state index in [1.807, 2.05) is 60.7 Å². The van der Waals surface area contributed by atoms with Crippen LogP contribution in [0.15, 0.2) is 60.7 Å². The van der Waals surface area contributed by atoms with Crippen molar-refractivity contribution < 1.29 is 47.3 Å². The van der Waals surface area contributed by atoms with Crippen LogP contribution in [0.4, 0.5) is 0 Å². The normalized spacial score (nSPS) is 18.8. The van der Waals surface area contributed by atoms with E-state index in [-0.39, 0.29) is 60.8 Å². The van der Waals surface area contributed by atoms with Crippen LogP contribution in [-0.4, -0.2) is 36.1 Å². The van der Waals surface area contributed by atoms with Gasteiger partial charge in [0.05, 0.1) is 0 Å². The molecule has 0 saturated carbocycles. The summed E-state index contributed by atoms with van der Waals surface area (Å²) in [5.41, 5.74) is 1.87. The molecule has 7 heteroatoms. The Morgan fingerprint density at radius 3 is 1.88 bits per heavy atom. The van der Waals surface area contributed by atoms with E-state index in [9.17, 15) is 17.8 Å². The van der Waals surface area contributed by atoms with Crippen molar-refractivity contribution in [2.45, 2.75) is 12.3 Å². The first kappa shape index (κ1) is 20.3. The molecule has 0 radical (unpaired) electrons. The second-order valence-corrected chi connectivity index (χ2v) is 7.31. The molecule has 1 aliphatic heterocycles. The van der Waals surface area contributed by atoms with Gasteiger partial charge in [0.15, 0.2) is 10.3 Å². The molecule has 0 spiro atoms. The minimum Gasteiger partial charge on any atom is -0.735 e. The molecular weight excluding hydrogens is 349 g/mol. The number of benzene rings is 2. The molecule has 25 heavy (non-hydrogen) atoms.